The second kappa shape index (κ2) is 5.27. The number of aromatic nitrogens is 1. The predicted octanol–water partition coefficient (Wildman–Crippen LogP) is 4.45. The Labute approximate surface area is 114 Å². The monoisotopic (exact) mass is 262 g/mol. The molecule has 0 unspecified atom stereocenters. The first-order valence-corrected chi connectivity index (χ1v) is 7.55. The molecule has 1 aromatic heterocycles. The van der Waals surface area contributed by atoms with Crippen molar-refractivity contribution in [2.24, 2.45) is 0 Å². The van der Waals surface area contributed by atoms with Crippen molar-refractivity contribution in [2.75, 3.05) is 5.73 Å². The molecule has 0 saturated heterocycles. The van der Waals surface area contributed by atoms with Gasteiger partial charge in [0.1, 0.15) is 0 Å². The quantitative estimate of drug-likeness (QED) is 0.825. The van der Waals surface area contributed by atoms with Crippen LogP contribution < -0.4 is 5.73 Å². The van der Waals surface area contributed by atoms with Crippen molar-refractivity contribution in [2.45, 2.75) is 44.7 Å². The average Bonchev–Trinajstić information content (AvgIpc) is 2.63. The minimum Gasteiger partial charge on any atom is -0.399 e. The molecule has 0 aliphatic heterocycles. The van der Waals surface area contributed by atoms with Gasteiger partial charge >= 0.3 is 0 Å². The molecule has 18 heavy (non-hydrogen) atoms. The van der Waals surface area contributed by atoms with Gasteiger partial charge in [0.25, 0.3) is 0 Å². The minimum absolute atomic E-state index is 0.480. The van der Waals surface area contributed by atoms with Crippen molar-refractivity contribution in [3.8, 4) is 0 Å². The van der Waals surface area contributed by atoms with Gasteiger partial charge in [-0.25, -0.2) is 0 Å². The number of hydrogen-bond donors (Lipinski definition) is 1. The Hall–Kier alpha value is -1.09. The first-order chi connectivity index (χ1) is 8.49. The van der Waals surface area contributed by atoms with E-state index in [1.54, 1.807) is 0 Å². The summed E-state index contributed by atoms with van der Waals surface area (Å²) in [6, 6.07) is 8.95. The molecular weight excluding hydrogens is 240 g/mol. The van der Waals surface area contributed by atoms with E-state index in [-0.39, 0.29) is 0 Å². The summed E-state index contributed by atoms with van der Waals surface area (Å²) in [4.78, 5) is 0. The Kier molecular flexibility index (Phi) is 3.91. The number of nitrogens with two attached hydrogens (primary N) is 1. The average molecular weight is 262 g/mol. The van der Waals surface area contributed by atoms with Crippen LogP contribution in [0.15, 0.2) is 24.3 Å². The second-order valence-electron chi connectivity index (χ2n) is 5.28. The third-order valence-corrected chi connectivity index (χ3v) is 4.15. The van der Waals surface area contributed by atoms with Crippen molar-refractivity contribution < 1.29 is 0 Å². The lowest BCUT2D eigenvalue weighted by molar-refractivity contribution is 0.606. The number of anilines is 1. The van der Waals surface area contributed by atoms with Crippen molar-refractivity contribution in [3.05, 3.63) is 30.0 Å². The van der Waals surface area contributed by atoms with E-state index in [0.717, 1.165) is 11.4 Å². The number of benzene rings is 1. The Bertz CT molecular complexity index is 541. The van der Waals surface area contributed by atoms with Crippen molar-refractivity contribution in [1.29, 1.82) is 0 Å². The molecule has 0 aliphatic rings. The molecule has 98 valence electrons. The molecule has 2 N–H and O–H groups in total. The number of rotatable bonds is 4. The van der Waals surface area contributed by atoms with E-state index in [9.17, 15) is 0 Å². The van der Waals surface area contributed by atoms with Gasteiger partial charge in [-0.3, -0.25) is 0 Å². The van der Waals surface area contributed by atoms with Crippen LogP contribution in [0.5, 0.6) is 0 Å². The third kappa shape index (κ3) is 2.66. The Balaban J connectivity index is 2.47. The molecular formula is C15H22N2S. The van der Waals surface area contributed by atoms with Gasteiger partial charge in [0.2, 0.25) is 0 Å². The van der Waals surface area contributed by atoms with E-state index < -0.39 is 0 Å². The molecule has 0 radical (unpaired) electrons. The number of fused-ring (bicyclic) bond motifs is 1. The lowest BCUT2D eigenvalue weighted by Crippen LogP contribution is -2.05. The van der Waals surface area contributed by atoms with E-state index in [0.29, 0.717) is 11.3 Å². The molecule has 0 fully saturated rings. The van der Waals surface area contributed by atoms with E-state index in [1.807, 2.05) is 17.8 Å². The summed E-state index contributed by atoms with van der Waals surface area (Å²) < 4.78 is 2.42. The fourth-order valence-corrected chi connectivity index (χ4v) is 3.01. The van der Waals surface area contributed by atoms with Crippen LogP contribution in [0.3, 0.4) is 0 Å². The minimum atomic E-state index is 0.480. The molecule has 2 nitrogen and oxygen atoms in total. The van der Waals surface area contributed by atoms with Crippen LogP contribution in [-0.2, 0) is 5.75 Å². The summed E-state index contributed by atoms with van der Waals surface area (Å²) in [7, 11) is 0. The first kappa shape index (κ1) is 13.3. The molecule has 0 amide bonds. The van der Waals surface area contributed by atoms with Crippen LogP contribution >= 0.6 is 11.8 Å². The highest BCUT2D eigenvalue weighted by molar-refractivity contribution is 7.99. The summed E-state index contributed by atoms with van der Waals surface area (Å²) >= 11 is 1.98. The maximum Gasteiger partial charge on any atom is 0.0486 e. The Morgan fingerprint density at radius 2 is 1.89 bits per heavy atom. The van der Waals surface area contributed by atoms with Gasteiger partial charge in [0, 0.05) is 34.1 Å². The molecule has 0 aliphatic carbocycles. The molecule has 0 bridgehead atoms. The van der Waals surface area contributed by atoms with Gasteiger partial charge in [-0.2, -0.15) is 11.8 Å². The zero-order valence-corrected chi connectivity index (χ0v) is 12.4. The second-order valence-corrected chi connectivity index (χ2v) is 6.84. The molecule has 0 spiro atoms. The molecule has 2 aromatic rings. The molecule has 0 saturated carbocycles. The topological polar surface area (TPSA) is 30.9 Å². The summed E-state index contributed by atoms with van der Waals surface area (Å²) in [5, 5.41) is 1.91. The van der Waals surface area contributed by atoms with E-state index in [2.05, 4.69) is 50.5 Å². The number of nitrogen functional groups attached to an aromatic ring is 1. The van der Waals surface area contributed by atoms with Crippen molar-refractivity contribution in [1.82, 2.24) is 4.57 Å². The molecule has 3 heteroatoms. The Morgan fingerprint density at radius 3 is 2.50 bits per heavy atom. The van der Waals surface area contributed by atoms with Crippen molar-refractivity contribution >= 4 is 28.4 Å². The van der Waals surface area contributed by atoms with Crippen LogP contribution in [0.4, 0.5) is 5.69 Å². The molecule has 0 atom stereocenters. The third-order valence-electron chi connectivity index (χ3n) is 3.02. The maximum absolute atomic E-state index is 5.87. The lowest BCUT2D eigenvalue weighted by atomic mass is 10.2. The summed E-state index contributed by atoms with van der Waals surface area (Å²) in [5.41, 5.74) is 9.39. The Morgan fingerprint density at radius 1 is 1.17 bits per heavy atom. The van der Waals surface area contributed by atoms with Gasteiger partial charge in [0.05, 0.1) is 0 Å². The summed E-state index contributed by atoms with van der Waals surface area (Å²) in [6.45, 7) is 8.95. The fraction of sp³-hybridized carbons (Fsp3) is 0.467. The predicted molar refractivity (Wildman–Crippen MR) is 83.2 cm³/mol. The fourth-order valence-electron chi connectivity index (χ4n) is 2.28. The van der Waals surface area contributed by atoms with Gasteiger partial charge < -0.3 is 10.3 Å². The lowest BCUT2D eigenvalue weighted by Gasteiger charge is -2.15. The normalized spacial score (nSPS) is 11.9. The van der Waals surface area contributed by atoms with Crippen LogP contribution in [-0.4, -0.2) is 9.82 Å². The SMILES string of the molecule is CC(C)SCc1cc2cc(N)ccc2n1C(C)C. The van der Waals surface area contributed by atoms with Crippen LogP contribution in [0.1, 0.15) is 39.4 Å². The highest BCUT2D eigenvalue weighted by atomic mass is 32.2. The number of nitrogens with zero attached hydrogens (tertiary/aromatic N) is 1. The molecule has 2 rings (SSSR count). The molecule has 1 heterocycles. The highest BCUT2D eigenvalue weighted by Crippen LogP contribution is 2.29. The van der Waals surface area contributed by atoms with Crippen molar-refractivity contribution in [3.63, 3.8) is 0 Å². The zero-order chi connectivity index (χ0) is 13.3. The molecule has 1 aromatic carbocycles. The summed E-state index contributed by atoms with van der Waals surface area (Å²) in [5.74, 6) is 1.06. The van der Waals surface area contributed by atoms with E-state index in [4.69, 9.17) is 5.73 Å². The zero-order valence-electron chi connectivity index (χ0n) is 11.6. The highest BCUT2D eigenvalue weighted by Gasteiger charge is 2.12. The van der Waals surface area contributed by atoms with E-state index >= 15 is 0 Å². The van der Waals surface area contributed by atoms with Gasteiger partial charge in [-0.15, -0.1) is 0 Å². The van der Waals surface area contributed by atoms with Gasteiger partial charge in [-0.1, -0.05) is 13.8 Å². The van der Waals surface area contributed by atoms with Crippen LogP contribution in [0, 0.1) is 0 Å². The van der Waals surface area contributed by atoms with Gasteiger partial charge in [-0.05, 0) is 43.4 Å². The smallest absolute Gasteiger partial charge is 0.0486 e. The largest absolute Gasteiger partial charge is 0.399 e. The number of hydrogen-bond acceptors (Lipinski definition) is 2. The van der Waals surface area contributed by atoms with Crippen LogP contribution in [0.25, 0.3) is 10.9 Å². The first-order valence-electron chi connectivity index (χ1n) is 6.50. The van der Waals surface area contributed by atoms with Gasteiger partial charge in [0.15, 0.2) is 0 Å². The maximum atomic E-state index is 5.87. The summed E-state index contributed by atoms with van der Waals surface area (Å²) in [6.07, 6.45) is 0. The number of thioether (sulfide) groups is 1. The van der Waals surface area contributed by atoms with E-state index in [1.165, 1.54) is 16.6 Å². The standard InChI is InChI=1S/C15H22N2S/c1-10(2)17-14(9-18-11(3)4)8-12-7-13(16)5-6-15(12)17/h5-8,10-11H,9,16H2,1-4H3. The van der Waals surface area contributed by atoms with Crippen LogP contribution in [0.2, 0.25) is 0 Å².